The van der Waals surface area contributed by atoms with Crippen LogP contribution in [-0.2, 0) is 9.53 Å². The summed E-state index contributed by atoms with van der Waals surface area (Å²) in [5.41, 5.74) is 0. The van der Waals surface area contributed by atoms with Gasteiger partial charge in [-0.2, -0.15) is 5.26 Å². The lowest BCUT2D eigenvalue weighted by Gasteiger charge is -2.26. The lowest BCUT2D eigenvalue weighted by atomic mass is 10.2. The second-order valence-corrected chi connectivity index (χ2v) is 3.60. The highest BCUT2D eigenvalue weighted by Crippen LogP contribution is 1.95. The fraction of sp³-hybridized carbons (Fsp3) is 0.800. The van der Waals surface area contributed by atoms with Crippen LogP contribution in [-0.4, -0.2) is 50.2 Å². The Hall–Kier alpha value is -1.12. The van der Waals surface area contributed by atoms with Crippen LogP contribution in [0.4, 0.5) is 0 Å². The maximum atomic E-state index is 11.2. The van der Waals surface area contributed by atoms with E-state index in [1.807, 2.05) is 6.07 Å². The molecule has 1 aliphatic heterocycles. The number of carbonyl (C=O) groups excluding carboxylic acids is 1. The molecule has 0 saturated carbocycles. The molecule has 1 heterocycles. The van der Waals surface area contributed by atoms with E-state index < -0.39 is 5.92 Å². The van der Waals surface area contributed by atoms with E-state index >= 15 is 0 Å². The van der Waals surface area contributed by atoms with Crippen molar-refractivity contribution in [2.45, 2.75) is 6.92 Å². The Morgan fingerprint density at radius 2 is 2.27 bits per heavy atom. The summed E-state index contributed by atoms with van der Waals surface area (Å²) in [7, 11) is 0. The molecule has 5 heteroatoms. The summed E-state index contributed by atoms with van der Waals surface area (Å²) < 4.78 is 5.21. The first kappa shape index (κ1) is 12.0. The van der Waals surface area contributed by atoms with E-state index in [1.54, 1.807) is 6.92 Å². The third-order valence-corrected chi connectivity index (χ3v) is 2.42. The van der Waals surface area contributed by atoms with Crippen molar-refractivity contribution >= 4 is 5.91 Å². The van der Waals surface area contributed by atoms with Gasteiger partial charge in [-0.05, 0) is 6.92 Å². The minimum Gasteiger partial charge on any atom is -0.379 e. The first-order valence-electron chi connectivity index (χ1n) is 5.21. The third kappa shape index (κ3) is 4.28. The van der Waals surface area contributed by atoms with Gasteiger partial charge in [-0.1, -0.05) is 0 Å². The number of nitrogens with zero attached hydrogens (tertiary/aromatic N) is 2. The average Bonchev–Trinajstić information content (AvgIpc) is 2.29. The van der Waals surface area contributed by atoms with Crippen molar-refractivity contribution in [2.24, 2.45) is 5.92 Å². The van der Waals surface area contributed by atoms with Crippen molar-refractivity contribution in [1.82, 2.24) is 10.2 Å². The van der Waals surface area contributed by atoms with Crippen LogP contribution >= 0.6 is 0 Å². The molecule has 0 aliphatic carbocycles. The van der Waals surface area contributed by atoms with Gasteiger partial charge in [0, 0.05) is 26.2 Å². The minimum absolute atomic E-state index is 0.189. The molecule has 0 aromatic carbocycles. The molecule has 84 valence electrons. The summed E-state index contributed by atoms with van der Waals surface area (Å²) in [6.07, 6.45) is 0. The van der Waals surface area contributed by atoms with Gasteiger partial charge in [0.2, 0.25) is 5.91 Å². The number of hydrogen-bond donors (Lipinski definition) is 1. The van der Waals surface area contributed by atoms with Gasteiger partial charge in [-0.15, -0.1) is 0 Å². The predicted octanol–water partition coefficient (Wildman–Crippen LogP) is -0.406. The number of nitrogens with one attached hydrogen (secondary N) is 1. The SMILES string of the molecule is CC(C#N)C(=O)NCCN1CCOCC1. The highest BCUT2D eigenvalue weighted by Gasteiger charge is 2.12. The smallest absolute Gasteiger partial charge is 0.237 e. The van der Waals surface area contributed by atoms with E-state index in [1.165, 1.54) is 0 Å². The van der Waals surface area contributed by atoms with Crippen molar-refractivity contribution in [2.75, 3.05) is 39.4 Å². The largest absolute Gasteiger partial charge is 0.379 e. The van der Waals surface area contributed by atoms with Crippen LogP contribution in [0.25, 0.3) is 0 Å². The number of amides is 1. The highest BCUT2D eigenvalue weighted by atomic mass is 16.5. The molecule has 1 atom stereocenters. The maximum Gasteiger partial charge on any atom is 0.237 e. The first-order chi connectivity index (χ1) is 7.24. The van der Waals surface area contributed by atoms with Gasteiger partial charge in [-0.3, -0.25) is 9.69 Å². The summed E-state index contributed by atoms with van der Waals surface area (Å²) in [6, 6.07) is 1.91. The van der Waals surface area contributed by atoms with E-state index in [-0.39, 0.29) is 5.91 Å². The number of morpholine rings is 1. The molecule has 1 aliphatic rings. The number of hydrogen-bond acceptors (Lipinski definition) is 4. The van der Waals surface area contributed by atoms with Gasteiger partial charge in [0.15, 0.2) is 0 Å². The van der Waals surface area contributed by atoms with E-state index in [0.29, 0.717) is 6.54 Å². The molecule has 0 radical (unpaired) electrons. The van der Waals surface area contributed by atoms with Gasteiger partial charge in [0.25, 0.3) is 0 Å². The monoisotopic (exact) mass is 211 g/mol. The van der Waals surface area contributed by atoms with Crippen LogP contribution in [0.3, 0.4) is 0 Å². The van der Waals surface area contributed by atoms with E-state index in [4.69, 9.17) is 10.00 Å². The predicted molar refractivity (Wildman–Crippen MR) is 55.0 cm³/mol. The molecule has 1 saturated heterocycles. The Kier molecular flexibility index (Phi) is 5.08. The average molecular weight is 211 g/mol. The normalized spacial score (nSPS) is 19.2. The lowest BCUT2D eigenvalue weighted by molar-refractivity contribution is -0.123. The molecular weight excluding hydrogens is 194 g/mol. The molecule has 5 nitrogen and oxygen atoms in total. The van der Waals surface area contributed by atoms with Crippen molar-refractivity contribution in [3.05, 3.63) is 0 Å². The van der Waals surface area contributed by atoms with Gasteiger partial charge in [0.1, 0.15) is 5.92 Å². The number of nitriles is 1. The molecule has 1 amide bonds. The lowest BCUT2D eigenvalue weighted by Crippen LogP contribution is -2.42. The Bertz CT molecular complexity index is 244. The van der Waals surface area contributed by atoms with Gasteiger partial charge >= 0.3 is 0 Å². The van der Waals surface area contributed by atoms with Crippen LogP contribution in [0.1, 0.15) is 6.92 Å². The van der Waals surface area contributed by atoms with Crippen molar-refractivity contribution in [3.8, 4) is 6.07 Å². The maximum absolute atomic E-state index is 11.2. The Morgan fingerprint density at radius 3 is 2.87 bits per heavy atom. The number of carbonyl (C=O) groups is 1. The molecule has 0 spiro atoms. The van der Waals surface area contributed by atoms with Crippen molar-refractivity contribution < 1.29 is 9.53 Å². The molecule has 1 rings (SSSR count). The summed E-state index contributed by atoms with van der Waals surface area (Å²) in [4.78, 5) is 13.5. The van der Waals surface area contributed by atoms with Crippen LogP contribution in [0.2, 0.25) is 0 Å². The zero-order valence-electron chi connectivity index (χ0n) is 9.03. The molecule has 1 N–H and O–H groups in total. The van der Waals surface area contributed by atoms with Crippen LogP contribution in [0.5, 0.6) is 0 Å². The molecule has 0 aromatic rings. The van der Waals surface area contributed by atoms with Gasteiger partial charge in [0.05, 0.1) is 19.3 Å². The minimum atomic E-state index is -0.560. The van der Waals surface area contributed by atoms with E-state index in [0.717, 1.165) is 32.8 Å². The topological polar surface area (TPSA) is 65.4 Å². The fourth-order valence-electron chi connectivity index (χ4n) is 1.37. The second kappa shape index (κ2) is 6.38. The quantitative estimate of drug-likeness (QED) is 0.687. The fourth-order valence-corrected chi connectivity index (χ4v) is 1.37. The zero-order valence-corrected chi connectivity index (χ0v) is 9.03. The summed E-state index contributed by atoms with van der Waals surface area (Å²) >= 11 is 0. The first-order valence-corrected chi connectivity index (χ1v) is 5.21. The second-order valence-electron chi connectivity index (χ2n) is 3.60. The number of rotatable bonds is 4. The molecule has 15 heavy (non-hydrogen) atoms. The highest BCUT2D eigenvalue weighted by molar-refractivity contribution is 5.80. The van der Waals surface area contributed by atoms with Crippen molar-refractivity contribution in [3.63, 3.8) is 0 Å². The molecular formula is C10H17N3O2. The Balaban J connectivity index is 2.10. The van der Waals surface area contributed by atoms with E-state index in [2.05, 4.69) is 10.2 Å². The molecule has 0 aromatic heterocycles. The van der Waals surface area contributed by atoms with E-state index in [9.17, 15) is 4.79 Å². The van der Waals surface area contributed by atoms with Crippen LogP contribution < -0.4 is 5.32 Å². The summed E-state index contributed by atoms with van der Waals surface area (Å²) in [5.74, 6) is -0.750. The van der Waals surface area contributed by atoms with Crippen LogP contribution in [0, 0.1) is 17.2 Å². The van der Waals surface area contributed by atoms with Crippen LogP contribution in [0.15, 0.2) is 0 Å². The number of ether oxygens (including phenoxy) is 1. The standard InChI is InChI=1S/C10H17N3O2/c1-9(8-11)10(14)12-2-3-13-4-6-15-7-5-13/h9H,2-7H2,1H3,(H,12,14). The van der Waals surface area contributed by atoms with Crippen molar-refractivity contribution in [1.29, 1.82) is 5.26 Å². The van der Waals surface area contributed by atoms with Gasteiger partial charge < -0.3 is 10.1 Å². The molecule has 1 fully saturated rings. The summed E-state index contributed by atoms with van der Waals surface area (Å²) in [5, 5.41) is 11.3. The molecule has 1 unspecified atom stereocenters. The summed E-state index contributed by atoms with van der Waals surface area (Å²) in [6.45, 7) is 6.40. The zero-order chi connectivity index (χ0) is 11.1. The van der Waals surface area contributed by atoms with Gasteiger partial charge in [-0.25, -0.2) is 0 Å². The Labute approximate surface area is 90.0 Å². The third-order valence-electron chi connectivity index (χ3n) is 2.42. The molecule has 0 bridgehead atoms. The Morgan fingerprint density at radius 1 is 1.60 bits per heavy atom.